The zero-order valence-corrected chi connectivity index (χ0v) is 9.46. The molecule has 15 heavy (non-hydrogen) atoms. The molecular weight excluding hydrogens is 267 g/mol. The summed E-state index contributed by atoms with van der Waals surface area (Å²) in [5.74, 6) is -0.440. The molecule has 0 heterocycles. The van der Waals surface area contributed by atoms with E-state index in [-0.39, 0.29) is 17.6 Å². The summed E-state index contributed by atoms with van der Waals surface area (Å²) in [5.41, 5.74) is 6.38. The number of nitrogen functional groups attached to an aromatic ring is 1. The molecule has 1 unspecified atom stereocenters. The standard InChI is InChI=1S/C9H12BrFN2O2/c10-6-1-8(12)9(2-7(6)11)13-3-5(15)4-14/h1-2,5,13-15H,3-4,12H2. The maximum Gasteiger partial charge on any atom is 0.139 e. The van der Waals surface area contributed by atoms with E-state index in [1.54, 1.807) is 0 Å². The van der Waals surface area contributed by atoms with Crippen LogP contribution in [0.1, 0.15) is 0 Å². The maximum atomic E-state index is 13.1. The van der Waals surface area contributed by atoms with Crippen LogP contribution in [0, 0.1) is 5.82 Å². The number of nitrogens with one attached hydrogen (secondary N) is 1. The molecule has 1 aromatic rings. The summed E-state index contributed by atoms with van der Waals surface area (Å²) in [5, 5.41) is 20.4. The Morgan fingerprint density at radius 3 is 2.80 bits per heavy atom. The van der Waals surface area contributed by atoms with E-state index in [0.29, 0.717) is 11.4 Å². The molecule has 0 aliphatic heterocycles. The van der Waals surface area contributed by atoms with Crippen molar-refractivity contribution in [1.29, 1.82) is 0 Å². The lowest BCUT2D eigenvalue weighted by Crippen LogP contribution is -2.23. The van der Waals surface area contributed by atoms with Crippen LogP contribution in [-0.2, 0) is 0 Å². The first kappa shape index (κ1) is 12.2. The molecule has 0 fully saturated rings. The summed E-state index contributed by atoms with van der Waals surface area (Å²) in [4.78, 5) is 0. The van der Waals surface area contributed by atoms with Crippen LogP contribution >= 0.6 is 15.9 Å². The Hall–Kier alpha value is -0.850. The Morgan fingerprint density at radius 1 is 1.53 bits per heavy atom. The Bertz CT molecular complexity index is 349. The van der Waals surface area contributed by atoms with Crippen molar-refractivity contribution >= 4 is 27.3 Å². The second kappa shape index (κ2) is 5.29. The van der Waals surface area contributed by atoms with Gasteiger partial charge in [0, 0.05) is 12.6 Å². The van der Waals surface area contributed by atoms with Crippen molar-refractivity contribution in [2.75, 3.05) is 24.2 Å². The van der Waals surface area contributed by atoms with E-state index in [0.717, 1.165) is 0 Å². The topological polar surface area (TPSA) is 78.5 Å². The van der Waals surface area contributed by atoms with Gasteiger partial charge in [-0.15, -0.1) is 0 Å². The summed E-state index contributed by atoms with van der Waals surface area (Å²) in [6, 6.07) is 2.66. The van der Waals surface area contributed by atoms with Gasteiger partial charge in [-0.25, -0.2) is 4.39 Å². The normalized spacial score (nSPS) is 12.5. The minimum absolute atomic E-state index is 0.113. The Labute approximate surface area is 95.0 Å². The van der Waals surface area contributed by atoms with Gasteiger partial charge in [-0.2, -0.15) is 0 Å². The maximum absolute atomic E-state index is 13.1. The molecule has 0 aliphatic rings. The summed E-state index contributed by atoms with van der Waals surface area (Å²) in [7, 11) is 0. The second-order valence-corrected chi connectivity index (χ2v) is 3.93. The summed E-state index contributed by atoms with van der Waals surface area (Å²) >= 11 is 3.00. The van der Waals surface area contributed by atoms with Crippen LogP contribution in [0.4, 0.5) is 15.8 Å². The van der Waals surface area contributed by atoms with Crippen molar-refractivity contribution in [3.05, 3.63) is 22.4 Å². The van der Waals surface area contributed by atoms with E-state index in [4.69, 9.17) is 15.9 Å². The molecule has 0 saturated heterocycles. The predicted octanol–water partition coefficient (Wildman–Crippen LogP) is 0.935. The fraction of sp³-hybridized carbons (Fsp3) is 0.333. The molecule has 1 atom stereocenters. The second-order valence-electron chi connectivity index (χ2n) is 3.07. The van der Waals surface area contributed by atoms with Gasteiger partial charge >= 0.3 is 0 Å². The molecule has 0 bridgehead atoms. The van der Waals surface area contributed by atoms with E-state index in [2.05, 4.69) is 21.2 Å². The number of anilines is 2. The van der Waals surface area contributed by atoms with Crippen molar-refractivity contribution in [3.63, 3.8) is 0 Å². The van der Waals surface area contributed by atoms with Gasteiger partial charge in [0.2, 0.25) is 0 Å². The lowest BCUT2D eigenvalue weighted by molar-refractivity contribution is 0.105. The lowest BCUT2D eigenvalue weighted by Gasteiger charge is -2.12. The number of benzene rings is 1. The fourth-order valence-electron chi connectivity index (χ4n) is 1.01. The number of rotatable bonds is 4. The number of halogens is 2. The minimum Gasteiger partial charge on any atom is -0.397 e. The summed E-state index contributed by atoms with van der Waals surface area (Å²) in [6.45, 7) is -0.242. The number of aliphatic hydroxyl groups is 2. The third-order valence-corrected chi connectivity index (χ3v) is 2.44. The molecule has 0 saturated carbocycles. The third-order valence-electron chi connectivity index (χ3n) is 1.83. The quantitative estimate of drug-likeness (QED) is 0.618. The van der Waals surface area contributed by atoms with Crippen LogP contribution < -0.4 is 11.1 Å². The average molecular weight is 279 g/mol. The van der Waals surface area contributed by atoms with Crippen LogP contribution in [0.15, 0.2) is 16.6 Å². The Balaban J connectivity index is 2.73. The van der Waals surface area contributed by atoms with Gasteiger partial charge < -0.3 is 21.3 Å². The van der Waals surface area contributed by atoms with Gasteiger partial charge in [-0.05, 0) is 22.0 Å². The molecule has 0 aliphatic carbocycles. The molecule has 1 aromatic carbocycles. The summed E-state index contributed by atoms with van der Waals surface area (Å²) in [6.07, 6.45) is -0.892. The molecule has 0 aromatic heterocycles. The van der Waals surface area contributed by atoms with Crippen LogP contribution in [0.25, 0.3) is 0 Å². The van der Waals surface area contributed by atoms with E-state index in [9.17, 15) is 4.39 Å². The third kappa shape index (κ3) is 3.33. The van der Waals surface area contributed by atoms with Gasteiger partial charge in [0.25, 0.3) is 0 Å². The average Bonchev–Trinajstić information content (AvgIpc) is 2.21. The van der Waals surface area contributed by atoms with Gasteiger partial charge in [0.05, 0.1) is 28.6 Å². The lowest BCUT2D eigenvalue weighted by atomic mass is 10.2. The van der Waals surface area contributed by atoms with Gasteiger partial charge in [-0.1, -0.05) is 0 Å². The van der Waals surface area contributed by atoms with Gasteiger partial charge in [0.1, 0.15) is 5.82 Å². The highest BCUT2D eigenvalue weighted by molar-refractivity contribution is 9.10. The summed E-state index contributed by atoms with van der Waals surface area (Å²) < 4.78 is 13.4. The molecule has 84 valence electrons. The Morgan fingerprint density at radius 2 is 2.20 bits per heavy atom. The van der Waals surface area contributed by atoms with Gasteiger partial charge in [0.15, 0.2) is 0 Å². The first-order valence-corrected chi connectivity index (χ1v) is 5.11. The largest absolute Gasteiger partial charge is 0.397 e. The van der Waals surface area contributed by atoms with Gasteiger partial charge in [-0.3, -0.25) is 0 Å². The first-order valence-electron chi connectivity index (χ1n) is 4.32. The molecular formula is C9H12BrFN2O2. The Kier molecular flexibility index (Phi) is 4.31. The van der Waals surface area contributed by atoms with E-state index < -0.39 is 11.9 Å². The monoisotopic (exact) mass is 278 g/mol. The highest BCUT2D eigenvalue weighted by atomic mass is 79.9. The van der Waals surface area contributed by atoms with Crippen LogP contribution in [0.5, 0.6) is 0 Å². The molecule has 6 heteroatoms. The zero-order chi connectivity index (χ0) is 11.4. The van der Waals surface area contributed by atoms with Crippen LogP contribution in [0.3, 0.4) is 0 Å². The van der Waals surface area contributed by atoms with Crippen molar-refractivity contribution in [1.82, 2.24) is 0 Å². The molecule has 1 rings (SSSR count). The highest BCUT2D eigenvalue weighted by Gasteiger charge is 2.07. The SMILES string of the molecule is Nc1cc(Br)c(F)cc1NCC(O)CO. The minimum atomic E-state index is -0.892. The van der Waals surface area contributed by atoms with E-state index in [1.807, 2.05) is 0 Å². The molecule has 0 radical (unpaired) electrons. The predicted molar refractivity (Wildman–Crippen MR) is 60.1 cm³/mol. The number of aliphatic hydroxyl groups excluding tert-OH is 2. The number of nitrogens with two attached hydrogens (primary N) is 1. The van der Waals surface area contributed by atoms with Crippen molar-refractivity contribution in [3.8, 4) is 0 Å². The van der Waals surface area contributed by atoms with Crippen molar-refractivity contribution in [2.24, 2.45) is 0 Å². The fourth-order valence-corrected chi connectivity index (χ4v) is 1.37. The smallest absolute Gasteiger partial charge is 0.139 e. The number of hydrogen-bond donors (Lipinski definition) is 4. The van der Waals surface area contributed by atoms with Crippen LogP contribution in [-0.4, -0.2) is 29.5 Å². The van der Waals surface area contributed by atoms with E-state index >= 15 is 0 Å². The first-order chi connectivity index (χ1) is 7.04. The van der Waals surface area contributed by atoms with Crippen LogP contribution in [0.2, 0.25) is 0 Å². The zero-order valence-electron chi connectivity index (χ0n) is 7.87. The number of hydrogen-bond acceptors (Lipinski definition) is 4. The molecule has 4 nitrogen and oxygen atoms in total. The molecule has 0 amide bonds. The highest BCUT2D eigenvalue weighted by Crippen LogP contribution is 2.26. The van der Waals surface area contributed by atoms with Crippen molar-refractivity contribution in [2.45, 2.75) is 6.10 Å². The van der Waals surface area contributed by atoms with E-state index in [1.165, 1.54) is 12.1 Å². The molecule has 0 spiro atoms. The molecule has 5 N–H and O–H groups in total. The van der Waals surface area contributed by atoms with Crippen molar-refractivity contribution < 1.29 is 14.6 Å².